The maximum absolute atomic E-state index is 11.7. The standard InChI is InChI=1S/C15H20O2/c1-11(14(16)17-5)13(15(2,3)4)12-9-7-6-8-10-12/h6-10H,1-5H3/b13-11-. The summed E-state index contributed by atoms with van der Waals surface area (Å²) in [4.78, 5) is 11.7. The van der Waals surface area contributed by atoms with Gasteiger partial charge in [-0.3, -0.25) is 0 Å². The highest BCUT2D eigenvalue weighted by atomic mass is 16.5. The van der Waals surface area contributed by atoms with E-state index < -0.39 is 0 Å². The Labute approximate surface area is 103 Å². The molecule has 0 heterocycles. The summed E-state index contributed by atoms with van der Waals surface area (Å²) in [5, 5.41) is 0. The third-order valence-electron chi connectivity index (χ3n) is 2.68. The first-order valence-corrected chi connectivity index (χ1v) is 5.73. The van der Waals surface area contributed by atoms with Crippen LogP contribution in [0.4, 0.5) is 0 Å². The van der Waals surface area contributed by atoms with Crippen LogP contribution in [-0.4, -0.2) is 13.1 Å². The van der Waals surface area contributed by atoms with Crippen molar-refractivity contribution < 1.29 is 9.53 Å². The van der Waals surface area contributed by atoms with Gasteiger partial charge in [-0.2, -0.15) is 0 Å². The van der Waals surface area contributed by atoms with E-state index >= 15 is 0 Å². The second-order valence-corrected chi connectivity index (χ2v) is 5.11. The molecule has 1 rings (SSSR count). The molecule has 0 aliphatic carbocycles. The topological polar surface area (TPSA) is 26.3 Å². The molecule has 0 spiro atoms. The van der Waals surface area contributed by atoms with E-state index in [2.05, 4.69) is 20.8 Å². The molecule has 0 amide bonds. The van der Waals surface area contributed by atoms with Crippen molar-refractivity contribution in [1.29, 1.82) is 0 Å². The van der Waals surface area contributed by atoms with Gasteiger partial charge in [0.2, 0.25) is 0 Å². The molecule has 0 aliphatic heterocycles. The molecule has 0 fully saturated rings. The van der Waals surface area contributed by atoms with E-state index in [4.69, 9.17) is 4.74 Å². The number of carbonyl (C=O) groups excluding carboxylic acids is 1. The summed E-state index contributed by atoms with van der Waals surface area (Å²) >= 11 is 0. The number of benzene rings is 1. The van der Waals surface area contributed by atoms with Crippen molar-refractivity contribution in [2.75, 3.05) is 7.11 Å². The van der Waals surface area contributed by atoms with Crippen molar-refractivity contribution in [3.63, 3.8) is 0 Å². The Morgan fingerprint density at radius 1 is 1.12 bits per heavy atom. The number of allylic oxidation sites excluding steroid dienone is 1. The molecule has 0 saturated carbocycles. The predicted octanol–water partition coefficient (Wildman–Crippen LogP) is 3.68. The van der Waals surface area contributed by atoms with E-state index in [9.17, 15) is 4.79 Å². The molecule has 1 aromatic carbocycles. The van der Waals surface area contributed by atoms with Crippen LogP contribution in [0.1, 0.15) is 33.3 Å². The number of carbonyl (C=O) groups is 1. The summed E-state index contributed by atoms with van der Waals surface area (Å²) in [6.45, 7) is 8.12. The quantitative estimate of drug-likeness (QED) is 0.574. The second-order valence-electron chi connectivity index (χ2n) is 5.11. The van der Waals surface area contributed by atoms with Crippen LogP contribution in [0.15, 0.2) is 35.9 Å². The van der Waals surface area contributed by atoms with E-state index in [1.165, 1.54) is 7.11 Å². The van der Waals surface area contributed by atoms with Crippen LogP contribution >= 0.6 is 0 Å². The number of esters is 1. The third kappa shape index (κ3) is 3.19. The van der Waals surface area contributed by atoms with Gasteiger partial charge in [-0.15, -0.1) is 0 Å². The summed E-state index contributed by atoms with van der Waals surface area (Å²) < 4.78 is 4.81. The van der Waals surface area contributed by atoms with Crippen LogP contribution in [-0.2, 0) is 9.53 Å². The zero-order valence-electron chi connectivity index (χ0n) is 11.2. The third-order valence-corrected chi connectivity index (χ3v) is 2.68. The summed E-state index contributed by atoms with van der Waals surface area (Å²) in [5.74, 6) is -0.265. The Bertz CT molecular complexity index is 422. The second kappa shape index (κ2) is 5.17. The number of methoxy groups -OCH3 is 1. The Morgan fingerprint density at radius 3 is 2.06 bits per heavy atom. The number of hydrogen-bond donors (Lipinski definition) is 0. The lowest BCUT2D eigenvalue weighted by molar-refractivity contribution is -0.136. The van der Waals surface area contributed by atoms with Gasteiger partial charge in [0.1, 0.15) is 0 Å². The lowest BCUT2D eigenvalue weighted by atomic mass is 9.79. The SMILES string of the molecule is COC(=O)/C(C)=C(/c1ccccc1)C(C)(C)C. The lowest BCUT2D eigenvalue weighted by Crippen LogP contribution is -2.15. The van der Waals surface area contributed by atoms with Crippen molar-refractivity contribution in [3.8, 4) is 0 Å². The van der Waals surface area contributed by atoms with Gasteiger partial charge in [0, 0.05) is 5.57 Å². The molecule has 0 atom stereocenters. The van der Waals surface area contributed by atoms with Crippen molar-refractivity contribution in [1.82, 2.24) is 0 Å². The number of ether oxygens (including phenoxy) is 1. The number of hydrogen-bond acceptors (Lipinski definition) is 2. The van der Waals surface area contributed by atoms with Gasteiger partial charge in [-0.25, -0.2) is 4.79 Å². The van der Waals surface area contributed by atoms with E-state index in [0.29, 0.717) is 5.57 Å². The van der Waals surface area contributed by atoms with E-state index in [1.54, 1.807) is 0 Å². The first-order chi connectivity index (χ1) is 7.88. The predicted molar refractivity (Wildman–Crippen MR) is 70.5 cm³/mol. The van der Waals surface area contributed by atoms with Gasteiger partial charge in [0.15, 0.2) is 0 Å². The molecule has 0 aromatic heterocycles. The van der Waals surface area contributed by atoms with Gasteiger partial charge in [-0.1, -0.05) is 51.1 Å². The average Bonchev–Trinajstić information content (AvgIpc) is 2.27. The van der Waals surface area contributed by atoms with E-state index in [-0.39, 0.29) is 11.4 Å². The average molecular weight is 232 g/mol. The van der Waals surface area contributed by atoms with Crippen LogP contribution in [0.2, 0.25) is 0 Å². The van der Waals surface area contributed by atoms with Crippen LogP contribution in [0.3, 0.4) is 0 Å². The largest absolute Gasteiger partial charge is 0.466 e. The molecule has 0 N–H and O–H groups in total. The fourth-order valence-electron chi connectivity index (χ4n) is 2.07. The van der Waals surface area contributed by atoms with Gasteiger partial charge in [0.25, 0.3) is 0 Å². The summed E-state index contributed by atoms with van der Waals surface area (Å²) in [5.41, 5.74) is 2.68. The summed E-state index contributed by atoms with van der Waals surface area (Å²) in [7, 11) is 1.41. The highest BCUT2D eigenvalue weighted by molar-refractivity contribution is 5.98. The Morgan fingerprint density at radius 2 is 1.65 bits per heavy atom. The van der Waals surface area contributed by atoms with Crippen LogP contribution in [0.5, 0.6) is 0 Å². The first kappa shape index (κ1) is 13.5. The van der Waals surface area contributed by atoms with E-state index in [1.807, 2.05) is 37.3 Å². The zero-order valence-corrected chi connectivity index (χ0v) is 11.2. The fourth-order valence-corrected chi connectivity index (χ4v) is 2.07. The molecule has 0 aliphatic rings. The molecule has 17 heavy (non-hydrogen) atoms. The molecular weight excluding hydrogens is 212 g/mol. The van der Waals surface area contributed by atoms with E-state index in [0.717, 1.165) is 11.1 Å². The first-order valence-electron chi connectivity index (χ1n) is 5.73. The maximum Gasteiger partial charge on any atom is 0.333 e. The van der Waals surface area contributed by atoms with Crippen LogP contribution < -0.4 is 0 Å². The molecule has 0 unspecified atom stereocenters. The molecule has 0 bridgehead atoms. The van der Waals surface area contributed by atoms with Gasteiger partial charge in [0.05, 0.1) is 7.11 Å². The normalized spacial score (nSPS) is 13.0. The van der Waals surface area contributed by atoms with Crippen molar-refractivity contribution in [2.24, 2.45) is 5.41 Å². The highest BCUT2D eigenvalue weighted by Gasteiger charge is 2.24. The summed E-state index contributed by atoms with van der Waals surface area (Å²) in [6.07, 6.45) is 0. The lowest BCUT2D eigenvalue weighted by Gasteiger charge is -2.25. The van der Waals surface area contributed by atoms with Crippen molar-refractivity contribution in [3.05, 3.63) is 41.5 Å². The van der Waals surface area contributed by atoms with Gasteiger partial charge in [-0.05, 0) is 23.5 Å². The smallest absolute Gasteiger partial charge is 0.333 e. The zero-order chi connectivity index (χ0) is 13.1. The minimum atomic E-state index is -0.265. The molecular formula is C15H20O2. The molecule has 2 nitrogen and oxygen atoms in total. The Hall–Kier alpha value is -1.57. The highest BCUT2D eigenvalue weighted by Crippen LogP contribution is 2.36. The Kier molecular flexibility index (Phi) is 4.11. The van der Waals surface area contributed by atoms with Gasteiger partial charge >= 0.3 is 5.97 Å². The Balaban J connectivity index is 3.38. The van der Waals surface area contributed by atoms with Crippen molar-refractivity contribution in [2.45, 2.75) is 27.7 Å². The minimum absolute atomic E-state index is 0.0976. The molecule has 0 radical (unpaired) electrons. The monoisotopic (exact) mass is 232 g/mol. The van der Waals surface area contributed by atoms with Crippen LogP contribution in [0.25, 0.3) is 5.57 Å². The van der Waals surface area contributed by atoms with Crippen LogP contribution in [0, 0.1) is 5.41 Å². The molecule has 2 heteroatoms. The fraction of sp³-hybridized carbons (Fsp3) is 0.400. The number of rotatable bonds is 2. The maximum atomic E-state index is 11.7. The summed E-state index contributed by atoms with van der Waals surface area (Å²) in [6, 6.07) is 9.97. The van der Waals surface area contributed by atoms with Gasteiger partial charge < -0.3 is 4.74 Å². The minimum Gasteiger partial charge on any atom is -0.466 e. The molecule has 0 saturated heterocycles. The molecule has 92 valence electrons. The molecule has 1 aromatic rings. The van der Waals surface area contributed by atoms with Crippen molar-refractivity contribution >= 4 is 11.5 Å².